The molecule has 5 heteroatoms. The maximum atomic E-state index is 4.68. The van der Waals surface area contributed by atoms with Crippen molar-refractivity contribution in [3.05, 3.63) is 27.0 Å². The largest absolute Gasteiger partial charge is 0.316 e. The minimum Gasteiger partial charge on any atom is -0.316 e. The molecule has 2 nitrogen and oxygen atoms in total. The predicted molar refractivity (Wildman–Crippen MR) is 84.5 cm³/mol. The molecule has 2 heterocycles. The van der Waals surface area contributed by atoms with Crippen molar-refractivity contribution in [3.8, 4) is 9.88 Å². The zero-order valence-corrected chi connectivity index (χ0v) is 13.8. The average Bonchev–Trinajstić information content (AvgIpc) is 2.93. The molecule has 0 aliphatic rings. The van der Waals surface area contributed by atoms with Gasteiger partial charge in [0.15, 0.2) is 0 Å². The molecule has 2 aromatic heterocycles. The van der Waals surface area contributed by atoms with E-state index in [1.807, 2.05) is 0 Å². The number of nitrogens with one attached hydrogen (secondary N) is 1. The van der Waals surface area contributed by atoms with Crippen molar-refractivity contribution >= 4 is 38.6 Å². The molecule has 0 aliphatic carbocycles. The van der Waals surface area contributed by atoms with E-state index in [0.29, 0.717) is 5.92 Å². The van der Waals surface area contributed by atoms with Crippen LogP contribution >= 0.6 is 38.6 Å². The Labute approximate surface area is 125 Å². The van der Waals surface area contributed by atoms with Crippen LogP contribution in [-0.4, -0.2) is 18.1 Å². The first-order valence-corrected chi connectivity index (χ1v) is 8.60. The molecule has 0 saturated carbocycles. The molecule has 0 aromatic carbocycles. The van der Waals surface area contributed by atoms with E-state index in [4.69, 9.17) is 0 Å². The topological polar surface area (TPSA) is 24.9 Å². The third-order valence-corrected chi connectivity index (χ3v) is 5.19. The molecule has 2 rings (SSSR count). The van der Waals surface area contributed by atoms with Crippen LogP contribution in [0.15, 0.2) is 21.3 Å². The summed E-state index contributed by atoms with van der Waals surface area (Å²) in [4.78, 5) is 5.92. The second-order valence-corrected chi connectivity index (χ2v) is 7.31. The maximum absolute atomic E-state index is 4.68. The number of nitrogens with zero attached hydrogens (tertiary/aromatic N) is 1. The van der Waals surface area contributed by atoms with Gasteiger partial charge in [-0.15, -0.1) is 22.7 Å². The van der Waals surface area contributed by atoms with Gasteiger partial charge in [0.25, 0.3) is 0 Å². The van der Waals surface area contributed by atoms with Gasteiger partial charge in [-0.3, -0.25) is 0 Å². The Morgan fingerprint density at radius 1 is 1.33 bits per heavy atom. The summed E-state index contributed by atoms with van der Waals surface area (Å²) in [6.45, 7) is 6.54. The summed E-state index contributed by atoms with van der Waals surface area (Å²) >= 11 is 6.94. The van der Waals surface area contributed by atoms with Crippen molar-refractivity contribution in [2.24, 2.45) is 5.92 Å². The van der Waals surface area contributed by atoms with Crippen LogP contribution in [0.5, 0.6) is 0 Å². The SMILES string of the molecule is CC(C)CNCCc1csc(-c2cc(Br)cs2)n1. The van der Waals surface area contributed by atoms with Gasteiger partial charge in [-0.25, -0.2) is 4.98 Å². The maximum Gasteiger partial charge on any atom is 0.133 e. The minimum atomic E-state index is 0.708. The molecule has 98 valence electrons. The summed E-state index contributed by atoms with van der Waals surface area (Å²) in [5, 5.41) is 8.84. The highest BCUT2D eigenvalue weighted by atomic mass is 79.9. The van der Waals surface area contributed by atoms with Crippen molar-refractivity contribution in [3.63, 3.8) is 0 Å². The Kier molecular flexibility index (Phi) is 5.36. The Morgan fingerprint density at radius 2 is 2.17 bits per heavy atom. The first-order chi connectivity index (χ1) is 8.65. The molecule has 0 unspecified atom stereocenters. The van der Waals surface area contributed by atoms with Gasteiger partial charge in [-0.2, -0.15) is 0 Å². The van der Waals surface area contributed by atoms with Gasteiger partial charge in [-0.1, -0.05) is 13.8 Å². The van der Waals surface area contributed by atoms with E-state index in [0.717, 1.165) is 29.0 Å². The lowest BCUT2D eigenvalue weighted by Gasteiger charge is -2.05. The molecular formula is C13H17BrN2S2. The number of thiophene rings is 1. The fourth-order valence-corrected chi connectivity index (χ4v) is 3.93. The highest BCUT2D eigenvalue weighted by Crippen LogP contribution is 2.31. The summed E-state index contributed by atoms with van der Waals surface area (Å²) in [5.41, 5.74) is 1.19. The molecular weight excluding hydrogens is 328 g/mol. The molecule has 0 aliphatic heterocycles. The van der Waals surface area contributed by atoms with E-state index in [-0.39, 0.29) is 0 Å². The first kappa shape index (κ1) is 14.2. The zero-order valence-electron chi connectivity index (χ0n) is 10.6. The Morgan fingerprint density at radius 3 is 2.83 bits per heavy atom. The molecule has 0 saturated heterocycles. The van der Waals surface area contributed by atoms with E-state index >= 15 is 0 Å². The summed E-state index contributed by atoms with van der Waals surface area (Å²) in [6.07, 6.45) is 1.01. The third-order valence-electron chi connectivity index (χ3n) is 2.44. The average molecular weight is 345 g/mol. The molecule has 0 fully saturated rings. The number of hydrogen-bond acceptors (Lipinski definition) is 4. The minimum absolute atomic E-state index is 0.708. The lowest BCUT2D eigenvalue weighted by Crippen LogP contribution is -2.22. The molecule has 0 radical (unpaired) electrons. The number of rotatable bonds is 6. The molecule has 0 amide bonds. The van der Waals surface area contributed by atoms with Gasteiger partial charge in [0.1, 0.15) is 5.01 Å². The molecule has 2 aromatic rings. The quantitative estimate of drug-likeness (QED) is 0.784. The highest BCUT2D eigenvalue weighted by molar-refractivity contribution is 9.10. The van der Waals surface area contributed by atoms with E-state index < -0.39 is 0 Å². The fraction of sp³-hybridized carbons (Fsp3) is 0.462. The van der Waals surface area contributed by atoms with E-state index in [1.165, 1.54) is 10.6 Å². The van der Waals surface area contributed by atoms with Crippen LogP contribution in [0.2, 0.25) is 0 Å². The monoisotopic (exact) mass is 344 g/mol. The Hall–Kier alpha value is -0.230. The third kappa shape index (κ3) is 4.16. The summed E-state index contributed by atoms with van der Waals surface area (Å²) < 4.78 is 1.14. The first-order valence-electron chi connectivity index (χ1n) is 6.04. The fourth-order valence-electron chi connectivity index (χ4n) is 1.57. The summed E-state index contributed by atoms with van der Waals surface area (Å²) in [5.74, 6) is 0.708. The standard InChI is InChI=1S/C13H17BrN2S2/c1-9(2)6-15-4-3-11-8-18-13(16-11)12-5-10(14)7-17-12/h5,7-9,15H,3-4,6H2,1-2H3. The van der Waals surface area contributed by atoms with Crippen LogP contribution in [0.4, 0.5) is 0 Å². The highest BCUT2D eigenvalue weighted by Gasteiger charge is 2.07. The van der Waals surface area contributed by atoms with Gasteiger partial charge in [0.2, 0.25) is 0 Å². The van der Waals surface area contributed by atoms with Crippen molar-refractivity contribution < 1.29 is 0 Å². The van der Waals surface area contributed by atoms with Crippen LogP contribution < -0.4 is 5.32 Å². The van der Waals surface area contributed by atoms with E-state index in [9.17, 15) is 0 Å². The van der Waals surface area contributed by atoms with Crippen molar-refractivity contribution in [2.75, 3.05) is 13.1 Å². The molecule has 18 heavy (non-hydrogen) atoms. The predicted octanol–water partition coefficient (Wildman–Crippen LogP) is 4.42. The lowest BCUT2D eigenvalue weighted by molar-refractivity contribution is 0.553. The van der Waals surface area contributed by atoms with Crippen LogP contribution in [0.1, 0.15) is 19.5 Å². The number of hydrogen-bond donors (Lipinski definition) is 1. The number of halogens is 1. The van der Waals surface area contributed by atoms with Gasteiger partial charge >= 0.3 is 0 Å². The number of aromatic nitrogens is 1. The molecule has 0 atom stereocenters. The van der Waals surface area contributed by atoms with Crippen molar-refractivity contribution in [1.82, 2.24) is 10.3 Å². The van der Waals surface area contributed by atoms with Gasteiger partial charge in [0.05, 0.1) is 10.6 Å². The second-order valence-electron chi connectivity index (χ2n) is 4.62. The molecule has 0 spiro atoms. The molecule has 1 N–H and O–H groups in total. The van der Waals surface area contributed by atoms with Crippen LogP contribution in [0.3, 0.4) is 0 Å². The zero-order chi connectivity index (χ0) is 13.0. The smallest absolute Gasteiger partial charge is 0.133 e. The summed E-state index contributed by atoms with van der Waals surface area (Å²) in [7, 11) is 0. The Bertz CT molecular complexity index is 491. The van der Waals surface area contributed by atoms with Crippen LogP contribution in [0.25, 0.3) is 9.88 Å². The summed E-state index contributed by atoms with van der Waals surface area (Å²) in [6, 6.07) is 2.13. The molecule has 0 bridgehead atoms. The van der Waals surface area contributed by atoms with Crippen LogP contribution in [0, 0.1) is 5.92 Å². The van der Waals surface area contributed by atoms with E-state index in [2.05, 4.69) is 56.9 Å². The van der Waals surface area contributed by atoms with Crippen LogP contribution in [-0.2, 0) is 6.42 Å². The number of thiazole rings is 1. The lowest BCUT2D eigenvalue weighted by atomic mass is 10.2. The van der Waals surface area contributed by atoms with Gasteiger partial charge in [-0.05, 0) is 34.5 Å². The normalized spacial score (nSPS) is 11.3. The van der Waals surface area contributed by atoms with Gasteiger partial charge < -0.3 is 5.32 Å². The van der Waals surface area contributed by atoms with Crippen molar-refractivity contribution in [1.29, 1.82) is 0 Å². The van der Waals surface area contributed by atoms with Gasteiger partial charge in [0, 0.05) is 28.2 Å². The van der Waals surface area contributed by atoms with Crippen molar-refractivity contribution in [2.45, 2.75) is 20.3 Å². The second kappa shape index (κ2) is 6.80. The van der Waals surface area contributed by atoms with E-state index in [1.54, 1.807) is 22.7 Å². The Balaban J connectivity index is 1.86.